The van der Waals surface area contributed by atoms with Crippen LogP contribution in [0.5, 0.6) is 11.6 Å². The number of hydrogen-bond donors (Lipinski definition) is 1. The Hall–Kier alpha value is -4.40. The van der Waals surface area contributed by atoms with Crippen LogP contribution in [0.1, 0.15) is 0 Å². The van der Waals surface area contributed by atoms with Gasteiger partial charge in [0.15, 0.2) is 5.88 Å². The average molecular weight is 419 g/mol. The minimum Gasteiger partial charge on any atom is -0.494 e. The topological polar surface area (TPSA) is 116 Å². The first-order valence-electron chi connectivity index (χ1n) is 9.35. The SMILES string of the molecule is O=c1c(-c2ccccc2)c(-c2ccc(OCCO[N+](=O)[O-])cc2)nc2cccc(O)n12. The van der Waals surface area contributed by atoms with Gasteiger partial charge in [-0.15, -0.1) is 10.1 Å². The first-order chi connectivity index (χ1) is 15.0. The van der Waals surface area contributed by atoms with E-state index in [9.17, 15) is 20.0 Å². The van der Waals surface area contributed by atoms with E-state index in [-0.39, 0.29) is 24.7 Å². The molecule has 156 valence electrons. The van der Waals surface area contributed by atoms with E-state index in [0.717, 1.165) is 0 Å². The predicted octanol–water partition coefficient (Wildman–Crippen LogP) is 3.32. The second-order valence-electron chi connectivity index (χ2n) is 6.51. The third-order valence-electron chi connectivity index (χ3n) is 4.57. The molecule has 2 aromatic carbocycles. The van der Waals surface area contributed by atoms with Gasteiger partial charge in [0.1, 0.15) is 24.6 Å². The zero-order chi connectivity index (χ0) is 21.8. The van der Waals surface area contributed by atoms with E-state index in [2.05, 4.69) is 9.82 Å². The highest BCUT2D eigenvalue weighted by Gasteiger charge is 2.17. The summed E-state index contributed by atoms with van der Waals surface area (Å²) in [5, 5.41) is 19.5. The van der Waals surface area contributed by atoms with Crippen molar-refractivity contribution < 1.29 is 19.8 Å². The molecule has 0 aliphatic carbocycles. The van der Waals surface area contributed by atoms with E-state index in [1.165, 1.54) is 10.5 Å². The van der Waals surface area contributed by atoms with Crippen LogP contribution in [0.15, 0.2) is 77.6 Å². The quantitative estimate of drug-likeness (QED) is 0.277. The molecule has 0 bridgehead atoms. The predicted molar refractivity (Wildman–Crippen MR) is 112 cm³/mol. The van der Waals surface area contributed by atoms with Crippen LogP contribution in [0.4, 0.5) is 0 Å². The number of nitrogens with zero attached hydrogens (tertiary/aromatic N) is 3. The summed E-state index contributed by atoms with van der Waals surface area (Å²) >= 11 is 0. The Morgan fingerprint density at radius 3 is 2.39 bits per heavy atom. The van der Waals surface area contributed by atoms with Crippen molar-refractivity contribution in [1.29, 1.82) is 0 Å². The number of ether oxygens (including phenoxy) is 1. The van der Waals surface area contributed by atoms with Crippen molar-refractivity contribution in [2.45, 2.75) is 0 Å². The summed E-state index contributed by atoms with van der Waals surface area (Å²) in [5.74, 6) is 0.298. The van der Waals surface area contributed by atoms with E-state index in [1.807, 2.05) is 18.2 Å². The number of benzene rings is 2. The van der Waals surface area contributed by atoms with Crippen LogP contribution in [0.2, 0.25) is 0 Å². The standard InChI is InChI=1S/C22H17N3O6/c26-19-8-4-7-18-23-21(20(22(27)24(18)19)15-5-2-1-3-6-15)16-9-11-17(12-10-16)30-13-14-31-25(28)29/h1-12,26H,13-14H2. The third kappa shape index (κ3) is 4.15. The Morgan fingerprint density at radius 1 is 0.935 bits per heavy atom. The van der Waals surface area contributed by atoms with Crippen molar-refractivity contribution in [2.75, 3.05) is 13.2 Å². The average Bonchev–Trinajstić information content (AvgIpc) is 2.77. The number of hydrogen-bond acceptors (Lipinski definition) is 7. The van der Waals surface area contributed by atoms with Gasteiger partial charge in [0.25, 0.3) is 10.6 Å². The van der Waals surface area contributed by atoms with Crippen LogP contribution in [0, 0.1) is 10.1 Å². The Morgan fingerprint density at radius 2 is 1.68 bits per heavy atom. The van der Waals surface area contributed by atoms with Gasteiger partial charge in [-0.05, 0) is 42.0 Å². The van der Waals surface area contributed by atoms with Crippen molar-refractivity contribution in [3.05, 3.63) is 93.3 Å². The van der Waals surface area contributed by atoms with Gasteiger partial charge in [0.2, 0.25) is 0 Å². The molecular formula is C22H17N3O6. The molecule has 9 nitrogen and oxygen atoms in total. The molecule has 1 N–H and O–H groups in total. The van der Waals surface area contributed by atoms with E-state index in [1.54, 1.807) is 48.5 Å². The smallest absolute Gasteiger partial charge is 0.294 e. The fourth-order valence-electron chi connectivity index (χ4n) is 3.22. The lowest BCUT2D eigenvalue weighted by Gasteiger charge is -2.13. The minimum atomic E-state index is -0.876. The van der Waals surface area contributed by atoms with Gasteiger partial charge < -0.3 is 14.7 Å². The number of aromatic hydroxyl groups is 1. The van der Waals surface area contributed by atoms with E-state index >= 15 is 0 Å². The molecule has 0 spiro atoms. The minimum absolute atomic E-state index is 0.0183. The van der Waals surface area contributed by atoms with Gasteiger partial charge in [0.05, 0.1) is 11.3 Å². The Kier molecular flexibility index (Phi) is 5.48. The van der Waals surface area contributed by atoms with E-state index in [4.69, 9.17) is 4.74 Å². The zero-order valence-electron chi connectivity index (χ0n) is 16.2. The van der Waals surface area contributed by atoms with E-state index < -0.39 is 5.09 Å². The highest BCUT2D eigenvalue weighted by molar-refractivity contribution is 5.81. The molecule has 0 amide bonds. The highest BCUT2D eigenvalue weighted by atomic mass is 17.0. The van der Waals surface area contributed by atoms with Crippen LogP contribution in [-0.2, 0) is 4.84 Å². The molecular weight excluding hydrogens is 402 g/mol. The number of aromatic nitrogens is 2. The second-order valence-corrected chi connectivity index (χ2v) is 6.51. The highest BCUT2D eigenvalue weighted by Crippen LogP contribution is 2.30. The molecule has 0 radical (unpaired) electrons. The number of rotatable bonds is 7. The molecule has 9 heteroatoms. The molecule has 2 aromatic heterocycles. The molecule has 31 heavy (non-hydrogen) atoms. The number of fused-ring (bicyclic) bond motifs is 1. The van der Waals surface area contributed by atoms with Gasteiger partial charge in [-0.3, -0.25) is 4.79 Å². The van der Waals surface area contributed by atoms with Gasteiger partial charge in [-0.2, -0.15) is 0 Å². The third-order valence-corrected chi connectivity index (χ3v) is 4.57. The maximum Gasteiger partial charge on any atom is 0.294 e. The molecule has 0 aliphatic rings. The lowest BCUT2D eigenvalue weighted by molar-refractivity contribution is -0.757. The summed E-state index contributed by atoms with van der Waals surface area (Å²) in [6.45, 7) is -0.163. The molecule has 0 saturated heterocycles. The number of pyridine rings is 1. The lowest BCUT2D eigenvalue weighted by Crippen LogP contribution is -2.18. The molecule has 4 rings (SSSR count). The first-order valence-corrected chi connectivity index (χ1v) is 9.35. The molecule has 2 heterocycles. The fraction of sp³-hybridized carbons (Fsp3) is 0.0909. The Bertz CT molecular complexity index is 1290. The monoisotopic (exact) mass is 419 g/mol. The molecule has 0 unspecified atom stereocenters. The van der Waals surface area contributed by atoms with Crippen molar-refractivity contribution in [3.63, 3.8) is 0 Å². The normalized spacial score (nSPS) is 10.7. The zero-order valence-corrected chi connectivity index (χ0v) is 16.2. The van der Waals surface area contributed by atoms with Gasteiger partial charge in [0, 0.05) is 5.56 Å². The van der Waals surface area contributed by atoms with Crippen molar-refractivity contribution in [3.8, 4) is 34.0 Å². The summed E-state index contributed by atoms with van der Waals surface area (Å²) in [6.07, 6.45) is 0. The van der Waals surface area contributed by atoms with Crippen LogP contribution < -0.4 is 10.3 Å². The van der Waals surface area contributed by atoms with Gasteiger partial charge >= 0.3 is 0 Å². The molecule has 0 saturated carbocycles. The maximum absolute atomic E-state index is 13.3. The Balaban J connectivity index is 1.76. The molecule has 0 atom stereocenters. The van der Waals surface area contributed by atoms with Crippen LogP contribution in [0.3, 0.4) is 0 Å². The maximum atomic E-state index is 13.3. The summed E-state index contributed by atoms with van der Waals surface area (Å²) < 4.78 is 6.59. The second kappa shape index (κ2) is 8.54. The lowest BCUT2D eigenvalue weighted by atomic mass is 10.0. The molecule has 4 aromatic rings. The van der Waals surface area contributed by atoms with E-state index in [0.29, 0.717) is 33.8 Å². The first kappa shape index (κ1) is 19.9. The van der Waals surface area contributed by atoms with Gasteiger partial charge in [-0.1, -0.05) is 36.4 Å². The van der Waals surface area contributed by atoms with Crippen molar-refractivity contribution >= 4 is 5.65 Å². The molecule has 0 aliphatic heterocycles. The fourth-order valence-corrected chi connectivity index (χ4v) is 3.22. The van der Waals surface area contributed by atoms with Crippen LogP contribution in [-0.4, -0.2) is 32.8 Å². The van der Waals surface area contributed by atoms with Crippen LogP contribution in [0.25, 0.3) is 28.0 Å². The summed E-state index contributed by atoms with van der Waals surface area (Å²) in [5.41, 5.74) is 2.09. The van der Waals surface area contributed by atoms with Gasteiger partial charge in [-0.25, -0.2) is 9.38 Å². The Labute approximate surface area is 175 Å². The summed E-state index contributed by atoms with van der Waals surface area (Å²) in [7, 11) is 0. The largest absolute Gasteiger partial charge is 0.494 e. The van der Waals surface area contributed by atoms with Crippen LogP contribution >= 0.6 is 0 Å². The van der Waals surface area contributed by atoms with Crippen molar-refractivity contribution in [1.82, 2.24) is 9.38 Å². The molecule has 0 fully saturated rings. The van der Waals surface area contributed by atoms with Crippen molar-refractivity contribution in [2.24, 2.45) is 0 Å². The summed E-state index contributed by atoms with van der Waals surface area (Å²) in [6, 6.07) is 20.7. The summed E-state index contributed by atoms with van der Waals surface area (Å²) in [4.78, 5) is 32.3.